The van der Waals surface area contributed by atoms with Crippen LogP contribution in [0.3, 0.4) is 0 Å². The van der Waals surface area contributed by atoms with Crippen molar-refractivity contribution >= 4 is 38.4 Å². The first-order valence-corrected chi connectivity index (χ1v) is 9.72. The Bertz CT molecular complexity index is 1250. The van der Waals surface area contributed by atoms with Crippen LogP contribution in [0, 0.1) is 0 Å². The molecule has 0 fully saturated rings. The molecule has 3 heterocycles. The Morgan fingerprint density at radius 2 is 1.81 bits per heavy atom. The minimum Gasteiger partial charge on any atom is -0.288 e. The van der Waals surface area contributed by atoms with E-state index in [2.05, 4.69) is 9.97 Å². The van der Waals surface area contributed by atoms with Crippen LogP contribution in [-0.2, 0) is 10.0 Å². The van der Waals surface area contributed by atoms with Gasteiger partial charge in [0, 0.05) is 35.7 Å². The molecule has 0 N–H and O–H groups in total. The van der Waals surface area contributed by atoms with Gasteiger partial charge in [-0.1, -0.05) is 29.8 Å². The van der Waals surface area contributed by atoms with Gasteiger partial charge >= 0.3 is 0 Å². The summed E-state index contributed by atoms with van der Waals surface area (Å²) in [5.41, 5.74) is 0.664. The maximum atomic E-state index is 13.1. The minimum atomic E-state index is -3.93. The molecule has 134 valence electrons. The fourth-order valence-corrected chi connectivity index (χ4v) is 4.28. The van der Waals surface area contributed by atoms with Crippen molar-refractivity contribution in [2.24, 2.45) is 0 Å². The first-order chi connectivity index (χ1) is 13.0. The van der Waals surface area contributed by atoms with Gasteiger partial charge in [-0.15, -0.1) is 0 Å². The van der Waals surface area contributed by atoms with E-state index < -0.39 is 10.0 Å². The van der Waals surface area contributed by atoms with Crippen LogP contribution < -0.4 is 0 Å². The monoisotopic (exact) mass is 397 g/mol. The molecule has 0 aliphatic heterocycles. The maximum Gasteiger partial charge on any atom is 0.269 e. The third kappa shape index (κ3) is 3.01. The molecule has 0 amide bonds. The summed E-state index contributed by atoms with van der Waals surface area (Å²) in [5.74, 6) is -0.362. The van der Waals surface area contributed by atoms with Crippen LogP contribution in [0.1, 0.15) is 15.9 Å². The quantitative estimate of drug-likeness (QED) is 0.492. The zero-order valence-electron chi connectivity index (χ0n) is 13.8. The molecule has 0 unspecified atom stereocenters. The third-order valence-electron chi connectivity index (χ3n) is 4.05. The molecule has 0 saturated heterocycles. The van der Waals surface area contributed by atoms with Crippen LogP contribution >= 0.6 is 11.6 Å². The Kier molecular flexibility index (Phi) is 4.25. The summed E-state index contributed by atoms with van der Waals surface area (Å²) in [4.78, 5) is 21.1. The van der Waals surface area contributed by atoms with E-state index in [1.54, 1.807) is 36.5 Å². The molecule has 0 saturated carbocycles. The lowest BCUT2D eigenvalue weighted by Crippen LogP contribution is -2.12. The largest absolute Gasteiger partial charge is 0.288 e. The second kappa shape index (κ2) is 6.61. The molecule has 8 heteroatoms. The van der Waals surface area contributed by atoms with Gasteiger partial charge in [0.05, 0.1) is 15.5 Å². The Labute approximate surface area is 160 Å². The smallest absolute Gasteiger partial charge is 0.269 e. The van der Waals surface area contributed by atoms with Crippen LogP contribution in [0.5, 0.6) is 0 Å². The molecule has 27 heavy (non-hydrogen) atoms. The van der Waals surface area contributed by atoms with Gasteiger partial charge in [0.25, 0.3) is 10.0 Å². The highest BCUT2D eigenvalue weighted by atomic mass is 35.5. The zero-order valence-corrected chi connectivity index (χ0v) is 15.4. The summed E-state index contributed by atoms with van der Waals surface area (Å²) in [7, 11) is -3.93. The lowest BCUT2D eigenvalue weighted by molar-refractivity contribution is 0.104. The number of hydrogen-bond donors (Lipinski definition) is 0. The highest BCUT2D eigenvalue weighted by Crippen LogP contribution is 2.28. The minimum absolute atomic E-state index is 0.0963. The molecule has 4 aromatic rings. The Balaban J connectivity index is 1.98. The maximum absolute atomic E-state index is 13.1. The molecule has 0 atom stereocenters. The van der Waals surface area contributed by atoms with E-state index in [-0.39, 0.29) is 21.9 Å². The van der Waals surface area contributed by atoms with Gasteiger partial charge in [-0.25, -0.2) is 17.4 Å². The molecule has 3 aromatic heterocycles. The Morgan fingerprint density at radius 1 is 1.04 bits per heavy atom. The lowest BCUT2D eigenvalue weighted by atomic mass is 10.1. The fourth-order valence-electron chi connectivity index (χ4n) is 2.78. The molecular formula is C19H12ClN3O3S. The molecule has 4 rings (SSSR count). The zero-order chi connectivity index (χ0) is 19.0. The predicted octanol–water partition coefficient (Wildman–Crippen LogP) is 3.55. The molecule has 0 aliphatic rings. The number of halogens is 1. The SMILES string of the molecule is O=C(c1cccnc1)c1cn(S(=O)(=O)c2ccccc2)c2ncc(Cl)cc12. The number of nitrogens with zero attached hydrogens (tertiary/aromatic N) is 3. The van der Waals surface area contributed by atoms with E-state index in [9.17, 15) is 13.2 Å². The number of carbonyl (C=O) groups is 1. The normalized spacial score (nSPS) is 11.6. The van der Waals surface area contributed by atoms with Gasteiger partial charge in [0.15, 0.2) is 11.4 Å². The van der Waals surface area contributed by atoms with Gasteiger partial charge in [-0.05, 0) is 30.3 Å². The second-order valence-electron chi connectivity index (χ2n) is 5.75. The number of rotatable bonds is 4. The summed E-state index contributed by atoms with van der Waals surface area (Å²) >= 11 is 6.04. The summed E-state index contributed by atoms with van der Waals surface area (Å²) in [6, 6.07) is 12.7. The van der Waals surface area contributed by atoms with Crippen LogP contribution in [0.4, 0.5) is 0 Å². The molecule has 0 bridgehead atoms. The third-order valence-corrected chi connectivity index (χ3v) is 5.92. The average Bonchev–Trinajstić information content (AvgIpc) is 3.08. The summed E-state index contributed by atoms with van der Waals surface area (Å²) in [5, 5.41) is 0.661. The standard InChI is InChI=1S/C19H12ClN3O3S/c20-14-9-16-17(18(24)13-5-4-8-21-10-13)12-23(19(16)22-11-14)27(25,26)15-6-2-1-3-7-15/h1-12H. The fraction of sp³-hybridized carbons (Fsp3) is 0. The van der Waals surface area contributed by atoms with Gasteiger partial charge < -0.3 is 0 Å². The van der Waals surface area contributed by atoms with E-state index in [4.69, 9.17) is 11.6 Å². The molecular weight excluding hydrogens is 386 g/mol. The highest BCUT2D eigenvalue weighted by Gasteiger charge is 2.25. The van der Waals surface area contributed by atoms with Gasteiger partial charge in [-0.3, -0.25) is 9.78 Å². The van der Waals surface area contributed by atoms with Gasteiger partial charge in [0.2, 0.25) is 0 Å². The first kappa shape index (κ1) is 17.4. The number of aromatic nitrogens is 3. The van der Waals surface area contributed by atoms with E-state index in [1.165, 1.54) is 36.8 Å². The molecule has 0 aliphatic carbocycles. The van der Waals surface area contributed by atoms with Gasteiger partial charge in [0.1, 0.15) is 0 Å². The highest BCUT2D eigenvalue weighted by molar-refractivity contribution is 7.90. The summed E-state index contributed by atoms with van der Waals surface area (Å²) < 4.78 is 27.2. The summed E-state index contributed by atoms with van der Waals surface area (Å²) in [6.45, 7) is 0. The van der Waals surface area contributed by atoms with Crippen molar-refractivity contribution < 1.29 is 13.2 Å². The average molecular weight is 398 g/mol. The second-order valence-corrected chi connectivity index (χ2v) is 8.00. The van der Waals surface area contributed by atoms with Gasteiger partial charge in [-0.2, -0.15) is 0 Å². The molecule has 0 radical (unpaired) electrons. The van der Waals surface area contributed by atoms with E-state index >= 15 is 0 Å². The van der Waals surface area contributed by atoms with Crippen molar-refractivity contribution in [1.29, 1.82) is 0 Å². The van der Waals surface area contributed by atoms with Crippen molar-refractivity contribution in [2.45, 2.75) is 4.90 Å². The topological polar surface area (TPSA) is 81.9 Å². The van der Waals surface area contributed by atoms with Crippen molar-refractivity contribution in [3.63, 3.8) is 0 Å². The Hall–Kier alpha value is -3.03. The molecule has 0 spiro atoms. The predicted molar refractivity (Wildman–Crippen MR) is 101 cm³/mol. The van der Waals surface area contributed by atoms with E-state index in [0.29, 0.717) is 16.0 Å². The van der Waals surface area contributed by atoms with Crippen molar-refractivity contribution in [3.8, 4) is 0 Å². The van der Waals surface area contributed by atoms with Crippen LogP contribution in [0.25, 0.3) is 11.0 Å². The number of ketones is 1. The number of benzene rings is 1. The van der Waals surface area contributed by atoms with Crippen molar-refractivity contribution in [2.75, 3.05) is 0 Å². The number of carbonyl (C=O) groups excluding carboxylic acids is 1. The van der Waals surface area contributed by atoms with Crippen LogP contribution in [0.2, 0.25) is 5.02 Å². The number of pyridine rings is 2. The van der Waals surface area contributed by atoms with E-state index in [1.807, 2.05) is 0 Å². The number of fused-ring (bicyclic) bond motifs is 1. The number of hydrogen-bond acceptors (Lipinski definition) is 5. The van der Waals surface area contributed by atoms with Crippen molar-refractivity contribution in [3.05, 3.63) is 89.5 Å². The van der Waals surface area contributed by atoms with Crippen molar-refractivity contribution in [1.82, 2.24) is 13.9 Å². The van der Waals surface area contributed by atoms with Crippen LogP contribution in [-0.4, -0.2) is 28.1 Å². The Morgan fingerprint density at radius 3 is 2.52 bits per heavy atom. The molecule has 6 nitrogen and oxygen atoms in total. The molecule has 1 aromatic carbocycles. The lowest BCUT2D eigenvalue weighted by Gasteiger charge is -2.06. The van der Waals surface area contributed by atoms with E-state index in [0.717, 1.165) is 3.97 Å². The first-order valence-electron chi connectivity index (χ1n) is 7.90. The van der Waals surface area contributed by atoms with Crippen LogP contribution in [0.15, 0.2) is 78.2 Å². The summed E-state index contributed by atoms with van der Waals surface area (Å²) in [6.07, 6.45) is 5.61.